The molecule has 98 valence electrons. The summed E-state index contributed by atoms with van der Waals surface area (Å²) in [5.41, 5.74) is 6.53. The number of fused-ring (bicyclic) bond motifs is 1. The molecular weight excluding hydrogens is 241 g/mol. The van der Waals surface area contributed by atoms with E-state index in [1.807, 2.05) is 17.7 Å². The van der Waals surface area contributed by atoms with Gasteiger partial charge in [-0.2, -0.15) is 13.2 Å². The first kappa shape index (κ1) is 13.0. The zero-order chi connectivity index (χ0) is 13.3. The van der Waals surface area contributed by atoms with Crippen molar-refractivity contribution in [3.8, 4) is 0 Å². The molecule has 0 saturated carbocycles. The van der Waals surface area contributed by atoms with Crippen LogP contribution in [-0.4, -0.2) is 11.1 Å². The van der Waals surface area contributed by atoms with Gasteiger partial charge in [0, 0.05) is 23.6 Å². The van der Waals surface area contributed by atoms with Crippen LogP contribution in [0.2, 0.25) is 0 Å². The molecule has 2 nitrogen and oxygen atoms in total. The van der Waals surface area contributed by atoms with Crippen LogP contribution in [0.15, 0.2) is 24.4 Å². The quantitative estimate of drug-likeness (QED) is 0.898. The van der Waals surface area contributed by atoms with E-state index in [0.29, 0.717) is 25.0 Å². The molecule has 0 aliphatic heterocycles. The van der Waals surface area contributed by atoms with E-state index in [4.69, 9.17) is 5.73 Å². The fourth-order valence-electron chi connectivity index (χ4n) is 2.16. The molecule has 0 unspecified atom stereocenters. The van der Waals surface area contributed by atoms with Crippen molar-refractivity contribution in [3.05, 3.63) is 35.5 Å². The normalized spacial score (nSPS) is 12.3. The largest absolute Gasteiger partial charge is 0.416 e. The molecule has 0 amide bonds. The number of hydrogen-bond acceptors (Lipinski definition) is 1. The average Bonchev–Trinajstić information content (AvgIpc) is 2.66. The molecule has 0 radical (unpaired) electrons. The van der Waals surface area contributed by atoms with Gasteiger partial charge in [-0.1, -0.05) is 6.07 Å². The van der Waals surface area contributed by atoms with Crippen LogP contribution < -0.4 is 5.73 Å². The predicted molar refractivity (Wildman–Crippen MR) is 65.4 cm³/mol. The first-order valence-corrected chi connectivity index (χ1v) is 5.86. The lowest BCUT2D eigenvalue weighted by Crippen LogP contribution is -2.05. The number of aryl methyl sites for hydroxylation is 1. The van der Waals surface area contributed by atoms with Gasteiger partial charge in [-0.15, -0.1) is 0 Å². The van der Waals surface area contributed by atoms with Crippen molar-refractivity contribution in [1.82, 2.24) is 4.57 Å². The molecule has 5 heteroatoms. The maximum atomic E-state index is 12.7. The fourth-order valence-corrected chi connectivity index (χ4v) is 2.16. The molecule has 18 heavy (non-hydrogen) atoms. The van der Waals surface area contributed by atoms with Crippen molar-refractivity contribution in [3.63, 3.8) is 0 Å². The van der Waals surface area contributed by atoms with Crippen LogP contribution >= 0.6 is 0 Å². The van der Waals surface area contributed by atoms with E-state index >= 15 is 0 Å². The molecule has 1 aromatic carbocycles. The minimum Gasteiger partial charge on any atom is -0.347 e. The summed E-state index contributed by atoms with van der Waals surface area (Å²) in [4.78, 5) is 0. The van der Waals surface area contributed by atoms with E-state index < -0.39 is 11.7 Å². The highest BCUT2D eigenvalue weighted by Gasteiger charge is 2.30. The van der Waals surface area contributed by atoms with Crippen LogP contribution in [0.1, 0.15) is 18.1 Å². The second kappa shape index (κ2) is 4.65. The molecular formula is C13H15F3N2. The Morgan fingerprint density at radius 1 is 1.28 bits per heavy atom. The lowest BCUT2D eigenvalue weighted by atomic mass is 10.1. The summed E-state index contributed by atoms with van der Waals surface area (Å²) in [5.74, 6) is 0. The van der Waals surface area contributed by atoms with E-state index in [-0.39, 0.29) is 0 Å². The summed E-state index contributed by atoms with van der Waals surface area (Å²) in [5, 5.41) is 0.857. The van der Waals surface area contributed by atoms with Crippen LogP contribution in [0.3, 0.4) is 0 Å². The van der Waals surface area contributed by atoms with E-state index in [0.717, 1.165) is 17.0 Å². The molecule has 1 aromatic heterocycles. The van der Waals surface area contributed by atoms with E-state index in [1.54, 1.807) is 0 Å². The van der Waals surface area contributed by atoms with E-state index in [9.17, 15) is 13.2 Å². The molecule has 0 atom stereocenters. The molecule has 2 rings (SSSR count). The van der Waals surface area contributed by atoms with Crippen LogP contribution in [0.25, 0.3) is 10.9 Å². The predicted octanol–water partition coefficient (Wildman–Crippen LogP) is 3.18. The third kappa shape index (κ3) is 2.22. The van der Waals surface area contributed by atoms with Gasteiger partial charge in [-0.05, 0) is 37.6 Å². The van der Waals surface area contributed by atoms with E-state index in [1.165, 1.54) is 12.1 Å². The van der Waals surface area contributed by atoms with Crippen molar-refractivity contribution < 1.29 is 13.2 Å². The topological polar surface area (TPSA) is 30.9 Å². The summed E-state index contributed by atoms with van der Waals surface area (Å²) >= 11 is 0. The Labute approximate surface area is 103 Å². The fraction of sp³-hybridized carbons (Fsp3) is 0.385. The minimum atomic E-state index is -4.30. The maximum absolute atomic E-state index is 12.7. The highest BCUT2D eigenvalue weighted by atomic mass is 19.4. The zero-order valence-corrected chi connectivity index (χ0v) is 10.1. The maximum Gasteiger partial charge on any atom is 0.416 e. The SMILES string of the molecule is CCn1cc(CCN)c2ccc(C(F)(F)F)cc21. The Hall–Kier alpha value is -1.49. The van der Waals surface area contributed by atoms with E-state index in [2.05, 4.69) is 0 Å². The number of halogens is 3. The van der Waals surface area contributed by atoms with Gasteiger partial charge in [0.1, 0.15) is 0 Å². The Balaban J connectivity index is 2.61. The number of rotatable bonds is 3. The minimum absolute atomic E-state index is 0.490. The Kier molecular flexibility index (Phi) is 3.34. The molecule has 2 aromatic rings. The molecule has 0 bridgehead atoms. The number of hydrogen-bond donors (Lipinski definition) is 1. The summed E-state index contributed by atoms with van der Waals surface area (Å²) in [7, 11) is 0. The molecule has 0 fully saturated rings. The highest BCUT2D eigenvalue weighted by Crippen LogP contribution is 2.32. The number of nitrogens with two attached hydrogens (primary N) is 1. The Bertz CT molecular complexity index is 555. The zero-order valence-electron chi connectivity index (χ0n) is 10.1. The van der Waals surface area contributed by atoms with Crippen LogP contribution in [0, 0.1) is 0 Å². The Morgan fingerprint density at radius 3 is 2.56 bits per heavy atom. The van der Waals surface area contributed by atoms with Gasteiger partial charge in [0.05, 0.1) is 5.56 Å². The van der Waals surface area contributed by atoms with Gasteiger partial charge in [0.2, 0.25) is 0 Å². The summed E-state index contributed by atoms with van der Waals surface area (Å²) < 4.78 is 39.9. The van der Waals surface area contributed by atoms with Gasteiger partial charge in [0.25, 0.3) is 0 Å². The van der Waals surface area contributed by atoms with Crippen molar-refractivity contribution in [1.29, 1.82) is 0 Å². The van der Waals surface area contributed by atoms with Gasteiger partial charge in [0.15, 0.2) is 0 Å². The first-order chi connectivity index (χ1) is 8.47. The second-order valence-corrected chi connectivity index (χ2v) is 4.21. The molecule has 1 heterocycles. The first-order valence-electron chi connectivity index (χ1n) is 5.86. The third-order valence-corrected chi connectivity index (χ3v) is 3.05. The summed E-state index contributed by atoms with van der Waals surface area (Å²) in [6.07, 6.45) is -1.74. The van der Waals surface area contributed by atoms with Crippen LogP contribution in [0.4, 0.5) is 13.2 Å². The van der Waals surface area contributed by atoms with Crippen LogP contribution in [-0.2, 0) is 19.1 Å². The number of aromatic nitrogens is 1. The lowest BCUT2D eigenvalue weighted by Gasteiger charge is -2.08. The number of nitrogens with zero attached hydrogens (tertiary/aromatic N) is 1. The van der Waals surface area contributed by atoms with Gasteiger partial charge >= 0.3 is 6.18 Å². The van der Waals surface area contributed by atoms with Gasteiger partial charge in [-0.3, -0.25) is 0 Å². The highest BCUT2D eigenvalue weighted by molar-refractivity contribution is 5.84. The smallest absolute Gasteiger partial charge is 0.347 e. The standard InChI is InChI=1S/C13H15F3N2/c1-2-18-8-9(5-6-17)11-4-3-10(7-12(11)18)13(14,15)16/h3-4,7-8H,2,5-6,17H2,1H3. The van der Waals surface area contributed by atoms with Crippen molar-refractivity contribution >= 4 is 10.9 Å². The van der Waals surface area contributed by atoms with Crippen molar-refractivity contribution in [2.45, 2.75) is 26.1 Å². The lowest BCUT2D eigenvalue weighted by molar-refractivity contribution is -0.137. The second-order valence-electron chi connectivity index (χ2n) is 4.21. The van der Waals surface area contributed by atoms with Gasteiger partial charge < -0.3 is 10.3 Å². The summed E-state index contributed by atoms with van der Waals surface area (Å²) in [6, 6.07) is 3.87. The average molecular weight is 256 g/mol. The van der Waals surface area contributed by atoms with Crippen molar-refractivity contribution in [2.24, 2.45) is 5.73 Å². The Morgan fingerprint density at radius 2 is 2.00 bits per heavy atom. The molecule has 0 spiro atoms. The third-order valence-electron chi connectivity index (χ3n) is 3.05. The molecule has 0 aliphatic rings. The number of alkyl halides is 3. The summed E-state index contributed by atoms with van der Waals surface area (Å²) in [6.45, 7) is 3.04. The van der Waals surface area contributed by atoms with Crippen molar-refractivity contribution in [2.75, 3.05) is 6.54 Å². The molecule has 2 N–H and O–H groups in total. The number of benzene rings is 1. The molecule has 0 aliphatic carbocycles. The molecule has 0 saturated heterocycles. The van der Waals surface area contributed by atoms with Crippen LogP contribution in [0.5, 0.6) is 0 Å². The van der Waals surface area contributed by atoms with Gasteiger partial charge in [-0.25, -0.2) is 0 Å². The monoisotopic (exact) mass is 256 g/mol.